The quantitative estimate of drug-likeness (QED) is 0.172. The first-order chi connectivity index (χ1) is 26.6. The Morgan fingerprint density at radius 2 is 0.818 bits per heavy atom. The lowest BCUT2D eigenvalue weighted by atomic mass is 9.79. The van der Waals surface area contributed by atoms with Crippen LogP contribution in [0.3, 0.4) is 0 Å². The molecule has 0 fully saturated rings. The van der Waals surface area contributed by atoms with Crippen molar-refractivity contribution in [2.75, 3.05) is 4.90 Å². The van der Waals surface area contributed by atoms with E-state index in [0.29, 0.717) is 0 Å². The molecule has 1 heteroatoms. The van der Waals surface area contributed by atoms with Crippen LogP contribution < -0.4 is 4.90 Å². The van der Waals surface area contributed by atoms with E-state index in [1.807, 2.05) is 0 Å². The van der Waals surface area contributed by atoms with Gasteiger partial charge in [0.2, 0.25) is 0 Å². The molecule has 0 radical (unpaired) electrons. The van der Waals surface area contributed by atoms with Crippen LogP contribution in [0, 0.1) is 13.8 Å². The summed E-state index contributed by atoms with van der Waals surface area (Å²) in [6.07, 6.45) is 0. The number of benzene rings is 8. The first-order valence-corrected chi connectivity index (χ1v) is 19.6. The number of hydrogen-bond acceptors (Lipinski definition) is 1. The molecule has 0 heterocycles. The van der Waals surface area contributed by atoms with Gasteiger partial charge in [0.1, 0.15) is 0 Å². The summed E-state index contributed by atoms with van der Waals surface area (Å²) in [4.78, 5) is 2.40. The largest absolute Gasteiger partial charge is 0.310 e. The van der Waals surface area contributed by atoms with Gasteiger partial charge < -0.3 is 4.90 Å². The molecular formula is C54H45N. The molecule has 0 spiro atoms. The van der Waals surface area contributed by atoms with Crippen molar-refractivity contribution in [3.63, 3.8) is 0 Å². The minimum absolute atomic E-state index is 0.164. The lowest BCUT2D eigenvalue weighted by Crippen LogP contribution is -2.17. The molecule has 0 aromatic heterocycles. The van der Waals surface area contributed by atoms with Crippen LogP contribution in [0.15, 0.2) is 164 Å². The van der Waals surface area contributed by atoms with Crippen molar-refractivity contribution in [2.24, 2.45) is 0 Å². The summed E-state index contributed by atoms with van der Waals surface area (Å²) >= 11 is 0. The van der Waals surface area contributed by atoms with Crippen molar-refractivity contribution in [1.82, 2.24) is 0 Å². The van der Waals surface area contributed by atoms with E-state index in [0.717, 1.165) is 0 Å². The number of aryl methyl sites for hydroxylation is 2. The van der Waals surface area contributed by atoms with E-state index in [-0.39, 0.29) is 10.8 Å². The van der Waals surface area contributed by atoms with Crippen LogP contribution in [0.25, 0.3) is 55.3 Å². The van der Waals surface area contributed by atoms with E-state index >= 15 is 0 Å². The highest BCUT2D eigenvalue weighted by Crippen LogP contribution is 2.58. The molecule has 0 N–H and O–H groups in total. The third-order valence-corrected chi connectivity index (χ3v) is 12.6. The first kappa shape index (κ1) is 33.4. The third kappa shape index (κ3) is 5.14. The molecule has 0 aliphatic heterocycles. The lowest BCUT2D eigenvalue weighted by molar-refractivity contribution is 0.652. The Labute approximate surface area is 325 Å². The van der Waals surface area contributed by atoms with E-state index in [2.05, 4.69) is 210 Å². The second kappa shape index (κ2) is 12.2. The molecule has 0 bridgehead atoms. The van der Waals surface area contributed by atoms with Gasteiger partial charge in [0.15, 0.2) is 0 Å². The highest BCUT2D eigenvalue weighted by molar-refractivity contribution is 6.09. The van der Waals surface area contributed by atoms with Crippen LogP contribution in [0.1, 0.15) is 61.1 Å². The van der Waals surface area contributed by atoms with Crippen molar-refractivity contribution in [3.05, 3.63) is 197 Å². The number of hydrogen-bond donors (Lipinski definition) is 0. The minimum Gasteiger partial charge on any atom is -0.310 e. The van der Waals surface area contributed by atoms with Gasteiger partial charge in [-0.15, -0.1) is 0 Å². The summed E-state index contributed by atoms with van der Waals surface area (Å²) in [5, 5.41) is 2.63. The van der Waals surface area contributed by atoms with Gasteiger partial charge in [-0.2, -0.15) is 0 Å². The molecule has 8 aromatic rings. The molecule has 55 heavy (non-hydrogen) atoms. The van der Waals surface area contributed by atoms with Crippen molar-refractivity contribution >= 4 is 27.8 Å². The normalized spacial score (nSPS) is 14.3. The average Bonchev–Trinajstić information content (AvgIpc) is 3.57. The van der Waals surface area contributed by atoms with Gasteiger partial charge in [0.05, 0.1) is 0 Å². The number of fused-ring (bicyclic) bond motifs is 8. The molecule has 1 nitrogen and oxygen atoms in total. The van der Waals surface area contributed by atoms with Crippen LogP contribution >= 0.6 is 0 Å². The van der Waals surface area contributed by atoms with Crippen LogP contribution in [0.4, 0.5) is 17.1 Å². The Hall–Kier alpha value is -6.18. The second-order valence-corrected chi connectivity index (χ2v) is 16.8. The maximum Gasteiger partial charge on any atom is 0.0465 e. The number of anilines is 3. The SMILES string of the molecule is Cc1ccc(N(c2ccc(C)cc2)c2ccc3c(c2)C(C)(C)c2cc4c(cc2-3)C(C)(C)c2cc(-c3ccc(-c5ccccc5)cc3)c3ccccc3c2-4)cc1. The molecule has 0 saturated heterocycles. The van der Waals surface area contributed by atoms with Gasteiger partial charge in [-0.25, -0.2) is 0 Å². The van der Waals surface area contributed by atoms with Gasteiger partial charge in [-0.1, -0.05) is 148 Å². The Morgan fingerprint density at radius 1 is 0.345 bits per heavy atom. The predicted molar refractivity (Wildman–Crippen MR) is 234 cm³/mol. The Balaban J connectivity index is 1.10. The second-order valence-electron chi connectivity index (χ2n) is 16.8. The average molecular weight is 708 g/mol. The first-order valence-electron chi connectivity index (χ1n) is 19.6. The summed E-state index contributed by atoms with van der Waals surface area (Å²) < 4.78 is 0. The zero-order valence-electron chi connectivity index (χ0n) is 32.5. The highest BCUT2D eigenvalue weighted by Gasteiger charge is 2.43. The van der Waals surface area contributed by atoms with Gasteiger partial charge in [-0.05, 0) is 146 Å². The highest BCUT2D eigenvalue weighted by atomic mass is 15.1. The van der Waals surface area contributed by atoms with Crippen molar-refractivity contribution in [1.29, 1.82) is 0 Å². The van der Waals surface area contributed by atoms with Gasteiger partial charge in [0.25, 0.3) is 0 Å². The zero-order chi connectivity index (χ0) is 37.6. The Kier molecular flexibility index (Phi) is 7.39. The molecule has 266 valence electrons. The molecular weight excluding hydrogens is 663 g/mol. The number of rotatable bonds is 5. The summed E-state index contributed by atoms with van der Waals surface area (Å²) in [6.45, 7) is 14.0. The standard InChI is InChI=1S/C54H45N/c1-34-16-24-39(25-17-34)55(40-26-18-35(2)19-27-40)41-28-29-43-46-32-50-47(33-49(46)53(3,4)48(43)30-41)52-44-15-11-10-14-42(44)45(31-51(52)54(50,5)6)38-22-20-37(21-23-38)36-12-8-7-9-13-36/h7-33H,1-6H3. The molecule has 0 unspecified atom stereocenters. The maximum atomic E-state index is 2.55. The topological polar surface area (TPSA) is 3.24 Å². The molecule has 10 rings (SSSR count). The molecule has 0 amide bonds. The molecule has 2 aliphatic carbocycles. The fraction of sp³-hybridized carbons (Fsp3) is 0.148. The molecule has 0 atom stereocenters. The van der Waals surface area contributed by atoms with Gasteiger partial charge >= 0.3 is 0 Å². The van der Waals surface area contributed by atoms with E-state index < -0.39 is 0 Å². The monoisotopic (exact) mass is 707 g/mol. The third-order valence-electron chi connectivity index (χ3n) is 12.6. The maximum absolute atomic E-state index is 2.55. The Morgan fingerprint density at radius 3 is 1.47 bits per heavy atom. The predicted octanol–water partition coefficient (Wildman–Crippen LogP) is 14.9. The van der Waals surface area contributed by atoms with Crippen LogP contribution in [-0.2, 0) is 10.8 Å². The Bertz CT molecular complexity index is 2740. The van der Waals surface area contributed by atoms with Crippen molar-refractivity contribution in [2.45, 2.75) is 52.4 Å². The van der Waals surface area contributed by atoms with E-state index in [1.165, 1.54) is 106 Å². The van der Waals surface area contributed by atoms with E-state index in [4.69, 9.17) is 0 Å². The summed E-state index contributed by atoms with van der Waals surface area (Å²) in [6, 6.07) is 61.3. The zero-order valence-corrected chi connectivity index (χ0v) is 32.5. The summed E-state index contributed by atoms with van der Waals surface area (Å²) in [5.74, 6) is 0. The molecule has 8 aromatic carbocycles. The van der Waals surface area contributed by atoms with Crippen molar-refractivity contribution < 1.29 is 0 Å². The van der Waals surface area contributed by atoms with E-state index in [9.17, 15) is 0 Å². The van der Waals surface area contributed by atoms with Crippen molar-refractivity contribution in [3.8, 4) is 44.5 Å². The molecule has 0 saturated carbocycles. The van der Waals surface area contributed by atoms with Crippen LogP contribution in [0.2, 0.25) is 0 Å². The summed E-state index contributed by atoms with van der Waals surface area (Å²) in [5.41, 5.74) is 21.8. The van der Waals surface area contributed by atoms with E-state index in [1.54, 1.807) is 0 Å². The molecule has 2 aliphatic rings. The minimum atomic E-state index is -0.176. The van der Waals surface area contributed by atoms with Gasteiger partial charge in [0, 0.05) is 27.9 Å². The van der Waals surface area contributed by atoms with Crippen LogP contribution in [0.5, 0.6) is 0 Å². The summed E-state index contributed by atoms with van der Waals surface area (Å²) in [7, 11) is 0. The fourth-order valence-corrected chi connectivity index (χ4v) is 9.48. The number of nitrogens with zero attached hydrogens (tertiary/aromatic N) is 1. The smallest absolute Gasteiger partial charge is 0.0465 e. The van der Waals surface area contributed by atoms with Crippen LogP contribution in [-0.4, -0.2) is 0 Å². The van der Waals surface area contributed by atoms with Gasteiger partial charge in [-0.3, -0.25) is 0 Å². The fourth-order valence-electron chi connectivity index (χ4n) is 9.48. The lowest BCUT2D eigenvalue weighted by Gasteiger charge is -2.28.